The molecule has 184 valence electrons. The lowest BCUT2D eigenvalue weighted by molar-refractivity contribution is -0.116. The van der Waals surface area contributed by atoms with E-state index in [1.165, 1.54) is 11.3 Å². The fraction of sp³-hybridized carbons (Fsp3) is 0.360. The molecule has 0 radical (unpaired) electrons. The summed E-state index contributed by atoms with van der Waals surface area (Å²) in [6.07, 6.45) is 6.41. The Bertz CT molecular complexity index is 1230. The molecule has 2 amide bonds. The van der Waals surface area contributed by atoms with Crippen molar-refractivity contribution >= 4 is 34.6 Å². The van der Waals surface area contributed by atoms with Crippen LogP contribution in [0.15, 0.2) is 41.8 Å². The van der Waals surface area contributed by atoms with Crippen LogP contribution in [0.5, 0.6) is 5.75 Å². The van der Waals surface area contributed by atoms with E-state index in [0.717, 1.165) is 38.0 Å². The largest absolute Gasteiger partial charge is 0.497 e. The number of methoxy groups -OCH3 is 1. The third-order valence-corrected chi connectivity index (χ3v) is 7.05. The van der Waals surface area contributed by atoms with Crippen molar-refractivity contribution in [1.29, 1.82) is 0 Å². The topological polar surface area (TPSA) is 98.1 Å². The zero-order valence-electron chi connectivity index (χ0n) is 20.1. The minimum atomic E-state index is -0.361. The molecule has 10 heteroatoms. The number of ether oxygens (including phenoxy) is 2. The molecule has 0 fully saturated rings. The standard InChI is InChI=1S/C25H29N5O4S/c1-26-13-21-20-9-10-30(25(32)34-15-18-12-27-16-29(18)2)14-22(20)35-24(21)28-23(31)8-7-17-5-4-6-19(11-17)33-3/h4-6,11-13,16H,7-10,14-15H2,1-3H3,(H,28,31). The molecule has 1 aromatic carbocycles. The Morgan fingerprint density at radius 1 is 1.34 bits per heavy atom. The van der Waals surface area contributed by atoms with E-state index >= 15 is 0 Å². The van der Waals surface area contributed by atoms with Crippen LogP contribution in [-0.2, 0) is 42.6 Å². The van der Waals surface area contributed by atoms with Gasteiger partial charge in [-0.05, 0) is 36.1 Å². The van der Waals surface area contributed by atoms with Gasteiger partial charge in [-0.3, -0.25) is 9.79 Å². The Morgan fingerprint density at radius 3 is 2.94 bits per heavy atom. The van der Waals surface area contributed by atoms with Gasteiger partial charge in [0, 0.05) is 43.7 Å². The molecule has 0 aliphatic carbocycles. The number of nitrogens with one attached hydrogen (secondary N) is 1. The molecule has 0 unspecified atom stereocenters. The van der Waals surface area contributed by atoms with Crippen LogP contribution in [0.2, 0.25) is 0 Å². The van der Waals surface area contributed by atoms with E-state index < -0.39 is 0 Å². The van der Waals surface area contributed by atoms with Gasteiger partial charge >= 0.3 is 6.09 Å². The van der Waals surface area contributed by atoms with E-state index in [1.807, 2.05) is 35.9 Å². The molecule has 3 aromatic rings. The third-order valence-electron chi connectivity index (χ3n) is 5.90. The normalized spacial score (nSPS) is 13.1. The number of carbonyl (C=O) groups excluding carboxylic acids is 2. The number of nitrogens with zero attached hydrogens (tertiary/aromatic N) is 4. The van der Waals surface area contributed by atoms with Crippen LogP contribution in [-0.4, -0.2) is 53.4 Å². The zero-order valence-corrected chi connectivity index (χ0v) is 20.9. The number of aliphatic imine (C=N–C) groups is 1. The van der Waals surface area contributed by atoms with E-state index in [9.17, 15) is 9.59 Å². The van der Waals surface area contributed by atoms with Gasteiger partial charge in [-0.25, -0.2) is 9.78 Å². The predicted octanol–water partition coefficient (Wildman–Crippen LogP) is 3.81. The number of fused-ring (bicyclic) bond motifs is 1. The van der Waals surface area contributed by atoms with E-state index in [4.69, 9.17) is 9.47 Å². The second-order valence-corrected chi connectivity index (χ2v) is 9.36. The first kappa shape index (κ1) is 24.5. The fourth-order valence-electron chi connectivity index (χ4n) is 3.97. The highest BCUT2D eigenvalue weighted by Gasteiger charge is 2.27. The number of hydrogen-bond donors (Lipinski definition) is 1. The highest BCUT2D eigenvalue weighted by atomic mass is 32.1. The molecule has 0 bridgehead atoms. The van der Waals surface area contributed by atoms with Gasteiger partial charge in [0.25, 0.3) is 0 Å². The van der Waals surface area contributed by atoms with Gasteiger partial charge in [-0.15, -0.1) is 11.3 Å². The molecule has 1 aliphatic rings. The van der Waals surface area contributed by atoms with Crippen LogP contribution in [0.1, 0.15) is 33.7 Å². The maximum Gasteiger partial charge on any atom is 0.410 e. The molecule has 0 saturated carbocycles. The van der Waals surface area contributed by atoms with Crippen LogP contribution >= 0.6 is 11.3 Å². The average Bonchev–Trinajstić information content (AvgIpc) is 3.43. The van der Waals surface area contributed by atoms with Crippen LogP contribution in [0.25, 0.3) is 0 Å². The van der Waals surface area contributed by atoms with Crippen molar-refractivity contribution in [2.24, 2.45) is 12.0 Å². The maximum atomic E-state index is 12.7. The van der Waals surface area contributed by atoms with Crippen molar-refractivity contribution in [1.82, 2.24) is 14.5 Å². The average molecular weight is 496 g/mol. The smallest absolute Gasteiger partial charge is 0.410 e. The Hall–Kier alpha value is -3.66. The number of thiophene rings is 1. The molecule has 1 N–H and O–H groups in total. The number of aromatic nitrogens is 2. The second kappa shape index (κ2) is 11.2. The van der Waals surface area contributed by atoms with Crippen molar-refractivity contribution in [3.8, 4) is 5.75 Å². The molecule has 0 spiro atoms. The van der Waals surface area contributed by atoms with Crippen LogP contribution in [0.4, 0.5) is 9.80 Å². The first-order valence-corrected chi connectivity index (χ1v) is 12.2. The lowest BCUT2D eigenvalue weighted by Gasteiger charge is -2.26. The quantitative estimate of drug-likeness (QED) is 0.480. The lowest BCUT2D eigenvalue weighted by atomic mass is 10.0. The van der Waals surface area contributed by atoms with Gasteiger partial charge in [-0.1, -0.05) is 12.1 Å². The first-order valence-electron chi connectivity index (χ1n) is 11.3. The highest BCUT2D eigenvalue weighted by molar-refractivity contribution is 7.16. The summed E-state index contributed by atoms with van der Waals surface area (Å²) in [6, 6.07) is 7.72. The molecule has 35 heavy (non-hydrogen) atoms. The monoisotopic (exact) mass is 495 g/mol. The molecular formula is C25H29N5O4S. The van der Waals surface area contributed by atoms with Crippen molar-refractivity contribution in [3.05, 3.63) is 64.1 Å². The number of carbonyl (C=O) groups is 2. The van der Waals surface area contributed by atoms with Crippen molar-refractivity contribution < 1.29 is 19.1 Å². The van der Waals surface area contributed by atoms with Gasteiger partial charge in [0.1, 0.15) is 17.4 Å². The summed E-state index contributed by atoms with van der Waals surface area (Å²) in [7, 11) is 5.20. The number of amides is 2. The molecule has 0 saturated heterocycles. The molecule has 9 nitrogen and oxygen atoms in total. The Labute approximate surface area is 208 Å². The van der Waals surface area contributed by atoms with Crippen molar-refractivity contribution in [2.45, 2.75) is 32.4 Å². The van der Waals surface area contributed by atoms with Crippen LogP contribution < -0.4 is 10.1 Å². The summed E-state index contributed by atoms with van der Waals surface area (Å²) in [5.74, 6) is 0.711. The fourth-order valence-corrected chi connectivity index (χ4v) is 5.22. The number of benzene rings is 1. The molecule has 4 rings (SSSR count). The Balaban J connectivity index is 1.39. The van der Waals surface area contributed by atoms with E-state index in [0.29, 0.717) is 32.4 Å². The number of anilines is 1. The number of hydrogen-bond acceptors (Lipinski definition) is 7. The lowest BCUT2D eigenvalue weighted by Crippen LogP contribution is -2.36. The summed E-state index contributed by atoms with van der Waals surface area (Å²) < 4.78 is 12.6. The molecular weight excluding hydrogens is 466 g/mol. The summed E-state index contributed by atoms with van der Waals surface area (Å²) >= 11 is 1.49. The zero-order chi connectivity index (χ0) is 24.8. The van der Waals surface area contributed by atoms with E-state index in [1.54, 1.807) is 37.8 Å². The van der Waals surface area contributed by atoms with Gasteiger partial charge in [0.05, 0.1) is 31.9 Å². The van der Waals surface area contributed by atoms with Gasteiger partial charge in [0.15, 0.2) is 0 Å². The van der Waals surface area contributed by atoms with Gasteiger partial charge in [0.2, 0.25) is 5.91 Å². The summed E-state index contributed by atoms with van der Waals surface area (Å²) in [5.41, 5.74) is 3.91. The Kier molecular flexibility index (Phi) is 7.81. The first-order chi connectivity index (χ1) is 17.0. The van der Waals surface area contributed by atoms with Crippen LogP contribution in [0.3, 0.4) is 0 Å². The highest BCUT2D eigenvalue weighted by Crippen LogP contribution is 2.36. The van der Waals surface area contributed by atoms with Gasteiger partial charge in [-0.2, -0.15) is 0 Å². The van der Waals surface area contributed by atoms with Gasteiger partial charge < -0.3 is 24.3 Å². The summed E-state index contributed by atoms with van der Waals surface area (Å²) in [4.78, 5) is 36.3. The molecule has 0 atom stereocenters. The molecule has 3 heterocycles. The minimum absolute atomic E-state index is 0.0652. The SMILES string of the molecule is CN=Cc1c(NC(=O)CCc2cccc(OC)c2)sc2c1CCN(C(=O)OCc1cncn1C)C2. The molecule has 2 aromatic heterocycles. The Morgan fingerprint density at radius 2 is 2.20 bits per heavy atom. The maximum absolute atomic E-state index is 12.7. The summed E-state index contributed by atoms with van der Waals surface area (Å²) in [6.45, 7) is 1.15. The summed E-state index contributed by atoms with van der Waals surface area (Å²) in [5, 5.41) is 3.82. The number of imidazole rings is 1. The third kappa shape index (κ3) is 5.89. The van der Waals surface area contributed by atoms with Crippen LogP contribution in [0, 0.1) is 0 Å². The van der Waals surface area contributed by atoms with E-state index in [-0.39, 0.29) is 18.6 Å². The predicted molar refractivity (Wildman–Crippen MR) is 135 cm³/mol. The van der Waals surface area contributed by atoms with Crippen molar-refractivity contribution in [2.75, 3.05) is 26.0 Å². The number of aryl methyl sites for hydroxylation is 2. The van der Waals surface area contributed by atoms with Crippen molar-refractivity contribution in [3.63, 3.8) is 0 Å². The molecule has 1 aliphatic heterocycles. The number of rotatable bonds is 8. The second-order valence-electron chi connectivity index (χ2n) is 8.26. The van der Waals surface area contributed by atoms with E-state index in [2.05, 4.69) is 15.3 Å². The minimum Gasteiger partial charge on any atom is -0.497 e.